The minimum absolute atomic E-state index is 0. The molecule has 11 heteroatoms. The number of hydrogen-bond acceptors (Lipinski definition) is 9. The molecule has 1 amide bonds. The van der Waals surface area contributed by atoms with Crippen LogP contribution in [0.15, 0.2) is 45.9 Å². The Morgan fingerprint density at radius 1 is 1.00 bits per heavy atom. The molecule has 150 valence electrons. The fourth-order valence-electron chi connectivity index (χ4n) is 3.21. The predicted octanol–water partition coefficient (Wildman–Crippen LogP) is 3.44. The van der Waals surface area contributed by atoms with Crippen LogP contribution in [-0.2, 0) is 0 Å². The summed E-state index contributed by atoms with van der Waals surface area (Å²) in [6, 6.07) is 9.63. The maximum absolute atomic E-state index is 12.8. The average molecular weight is 465 g/mol. The quantitative estimate of drug-likeness (QED) is 0.580. The molecule has 0 spiro atoms. The Bertz CT molecular complexity index is 1070. The van der Waals surface area contributed by atoms with E-state index in [9.17, 15) is 4.79 Å². The first-order chi connectivity index (χ1) is 13.8. The molecule has 3 aromatic rings. The van der Waals surface area contributed by atoms with Gasteiger partial charge in [-0.05, 0) is 29.6 Å². The van der Waals surface area contributed by atoms with Gasteiger partial charge in [-0.15, -0.1) is 28.8 Å². The molecule has 2 aliphatic heterocycles. The lowest BCUT2D eigenvalue weighted by Gasteiger charge is -2.36. The van der Waals surface area contributed by atoms with Gasteiger partial charge in [-0.3, -0.25) is 4.79 Å². The highest BCUT2D eigenvalue weighted by Gasteiger charge is 2.26. The fourth-order valence-corrected chi connectivity index (χ4v) is 5.47. The number of nitrogens with zero attached hydrogens (tertiary/aromatic N) is 6. The Kier molecular flexibility index (Phi) is 6.14. The highest BCUT2D eigenvalue weighted by atomic mass is 35.5. The van der Waals surface area contributed by atoms with Gasteiger partial charge in [0.05, 0.1) is 22.3 Å². The van der Waals surface area contributed by atoms with Crippen molar-refractivity contribution in [3.8, 4) is 0 Å². The van der Waals surface area contributed by atoms with Crippen molar-refractivity contribution >= 4 is 75.1 Å². The number of hydrogen-bond donors (Lipinski definition) is 0. The van der Waals surface area contributed by atoms with Crippen LogP contribution >= 0.6 is 47.2 Å². The topological polar surface area (TPSA) is 74.1 Å². The van der Waals surface area contributed by atoms with Crippen LogP contribution in [0.25, 0.3) is 11.0 Å². The number of benzene rings is 1. The average Bonchev–Trinajstić information content (AvgIpc) is 3.45. The van der Waals surface area contributed by atoms with Crippen LogP contribution in [0.4, 0.5) is 0 Å². The van der Waals surface area contributed by atoms with E-state index in [4.69, 9.17) is 0 Å². The third-order valence-electron chi connectivity index (χ3n) is 4.74. The van der Waals surface area contributed by atoms with Crippen molar-refractivity contribution in [1.29, 1.82) is 0 Å². The number of thiophene rings is 1. The van der Waals surface area contributed by atoms with Crippen LogP contribution in [0.3, 0.4) is 0 Å². The Morgan fingerprint density at radius 3 is 2.55 bits per heavy atom. The minimum atomic E-state index is 0. The van der Waals surface area contributed by atoms with Gasteiger partial charge in [0.25, 0.3) is 5.91 Å². The molecule has 0 N–H and O–H groups in total. The third-order valence-corrected chi connectivity index (χ3v) is 7.23. The predicted molar refractivity (Wildman–Crippen MR) is 123 cm³/mol. The summed E-state index contributed by atoms with van der Waals surface area (Å²) in [6.07, 6.45) is 0. The van der Waals surface area contributed by atoms with Gasteiger partial charge in [0.15, 0.2) is 5.17 Å². The maximum Gasteiger partial charge on any atom is 0.254 e. The molecule has 5 rings (SSSR count). The van der Waals surface area contributed by atoms with Crippen molar-refractivity contribution in [2.75, 3.05) is 31.9 Å². The van der Waals surface area contributed by atoms with E-state index < -0.39 is 0 Å². The van der Waals surface area contributed by atoms with Crippen LogP contribution < -0.4 is 0 Å². The summed E-state index contributed by atoms with van der Waals surface area (Å²) in [5, 5.41) is 11.8. The number of amides is 1. The summed E-state index contributed by atoms with van der Waals surface area (Å²) in [6.45, 7) is 2.88. The van der Waals surface area contributed by atoms with Gasteiger partial charge in [-0.25, -0.2) is 0 Å². The van der Waals surface area contributed by atoms with E-state index in [1.54, 1.807) is 23.1 Å². The molecular weight excluding hydrogens is 448 g/mol. The lowest BCUT2D eigenvalue weighted by Crippen LogP contribution is -2.50. The first-order valence-electron chi connectivity index (χ1n) is 8.86. The standard InChI is InChI=1S/C18H16N6OS3.ClH/c25-17(12-3-4-13-14(10-12)22-28-21-13)23-5-7-24(8-6-23)18-20-19-15(11-27-18)16-2-1-9-26-16;/h1-4,9-10H,5-8,11H2;1H. The molecule has 0 saturated carbocycles. The molecule has 7 nitrogen and oxygen atoms in total. The molecule has 0 unspecified atom stereocenters. The van der Waals surface area contributed by atoms with Crippen molar-refractivity contribution in [3.63, 3.8) is 0 Å². The molecule has 0 radical (unpaired) electrons. The zero-order chi connectivity index (χ0) is 18.9. The number of rotatable bonds is 2. The molecule has 2 aliphatic rings. The van der Waals surface area contributed by atoms with Gasteiger partial charge >= 0.3 is 0 Å². The Hall–Kier alpha value is -2.01. The van der Waals surface area contributed by atoms with Crippen molar-refractivity contribution in [2.45, 2.75) is 0 Å². The molecule has 0 bridgehead atoms. The summed E-state index contributed by atoms with van der Waals surface area (Å²) >= 11 is 4.58. The fraction of sp³-hybridized carbons (Fsp3) is 0.278. The van der Waals surface area contributed by atoms with E-state index in [1.165, 1.54) is 16.6 Å². The molecular formula is C18H17ClN6OS3. The second kappa shape index (κ2) is 8.78. The van der Waals surface area contributed by atoms with Crippen molar-refractivity contribution in [3.05, 3.63) is 46.2 Å². The molecule has 1 fully saturated rings. The van der Waals surface area contributed by atoms with E-state index >= 15 is 0 Å². The van der Waals surface area contributed by atoms with Crippen LogP contribution in [0.1, 0.15) is 15.2 Å². The number of piperazine rings is 1. The SMILES string of the molecule is Cl.O=C(c1ccc2nsnc2c1)N1CCN(C2=NN=C(c3cccs3)CS2)CC1. The van der Waals surface area contributed by atoms with Gasteiger partial charge in [0.1, 0.15) is 11.0 Å². The first-order valence-corrected chi connectivity index (χ1v) is 11.5. The first kappa shape index (κ1) is 20.3. The number of amidine groups is 1. The molecule has 1 aromatic carbocycles. The Balaban J connectivity index is 0.00000205. The van der Waals surface area contributed by atoms with Crippen LogP contribution in [-0.4, -0.2) is 67.3 Å². The number of carbonyl (C=O) groups is 1. The number of aromatic nitrogens is 2. The van der Waals surface area contributed by atoms with Crippen molar-refractivity contribution in [2.24, 2.45) is 10.2 Å². The summed E-state index contributed by atoms with van der Waals surface area (Å²) in [5.41, 5.74) is 3.32. The summed E-state index contributed by atoms with van der Waals surface area (Å²) < 4.78 is 8.41. The van der Waals surface area contributed by atoms with E-state index in [0.717, 1.165) is 40.8 Å². The highest BCUT2D eigenvalue weighted by Crippen LogP contribution is 2.22. The Labute approximate surface area is 186 Å². The zero-order valence-corrected chi connectivity index (χ0v) is 18.5. The summed E-state index contributed by atoms with van der Waals surface area (Å²) in [5.74, 6) is 0.881. The maximum atomic E-state index is 12.8. The number of carbonyl (C=O) groups excluding carboxylic acids is 1. The summed E-state index contributed by atoms with van der Waals surface area (Å²) in [7, 11) is 0. The lowest BCUT2D eigenvalue weighted by molar-refractivity contribution is 0.0693. The van der Waals surface area contributed by atoms with Crippen LogP contribution in [0.2, 0.25) is 0 Å². The summed E-state index contributed by atoms with van der Waals surface area (Å²) in [4.78, 5) is 18.1. The highest BCUT2D eigenvalue weighted by molar-refractivity contribution is 8.14. The number of thioether (sulfide) groups is 1. The third kappa shape index (κ3) is 4.16. The monoisotopic (exact) mass is 464 g/mol. The molecule has 1 saturated heterocycles. The van der Waals surface area contributed by atoms with Gasteiger partial charge in [-0.1, -0.05) is 17.8 Å². The normalized spacial score (nSPS) is 17.0. The number of halogens is 1. The molecule has 2 aromatic heterocycles. The molecule has 29 heavy (non-hydrogen) atoms. The number of fused-ring (bicyclic) bond motifs is 1. The molecule has 4 heterocycles. The molecule has 0 aliphatic carbocycles. The van der Waals surface area contributed by atoms with Gasteiger partial charge < -0.3 is 9.80 Å². The van der Waals surface area contributed by atoms with Crippen molar-refractivity contribution in [1.82, 2.24) is 18.5 Å². The second-order valence-electron chi connectivity index (χ2n) is 6.44. The van der Waals surface area contributed by atoms with E-state index in [2.05, 4.69) is 35.3 Å². The van der Waals surface area contributed by atoms with Gasteiger partial charge in [-0.2, -0.15) is 13.8 Å². The van der Waals surface area contributed by atoms with E-state index in [0.29, 0.717) is 18.7 Å². The largest absolute Gasteiger partial charge is 0.346 e. The van der Waals surface area contributed by atoms with Crippen molar-refractivity contribution < 1.29 is 4.79 Å². The van der Waals surface area contributed by atoms with E-state index in [-0.39, 0.29) is 18.3 Å². The zero-order valence-electron chi connectivity index (χ0n) is 15.2. The van der Waals surface area contributed by atoms with Crippen LogP contribution in [0.5, 0.6) is 0 Å². The van der Waals surface area contributed by atoms with Gasteiger partial charge in [0.2, 0.25) is 0 Å². The van der Waals surface area contributed by atoms with Crippen LogP contribution in [0, 0.1) is 0 Å². The molecule has 0 atom stereocenters. The lowest BCUT2D eigenvalue weighted by atomic mass is 10.1. The van der Waals surface area contributed by atoms with Gasteiger partial charge in [0, 0.05) is 37.5 Å². The second-order valence-corrected chi connectivity index (χ2v) is 8.86. The minimum Gasteiger partial charge on any atom is -0.346 e. The smallest absolute Gasteiger partial charge is 0.254 e. The Morgan fingerprint density at radius 2 is 1.83 bits per heavy atom. The van der Waals surface area contributed by atoms with E-state index in [1.807, 2.05) is 29.2 Å².